The van der Waals surface area contributed by atoms with Crippen LogP contribution in [0.2, 0.25) is 0 Å². The molecule has 2 aromatic rings. The van der Waals surface area contributed by atoms with Crippen LogP contribution in [-0.2, 0) is 10.2 Å². The van der Waals surface area contributed by atoms with Gasteiger partial charge in [-0.1, -0.05) is 12.1 Å². The summed E-state index contributed by atoms with van der Waals surface area (Å²) in [6.45, 7) is 2.52. The summed E-state index contributed by atoms with van der Waals surface area (Å²) >= 11 is 0. The van der Waals surface area contributed by atoms with Gasteiger partial charge in [0, 0.05) is 24.2 Å². The molecule has 0 saturated heterocycles. The number of rotatable bonds is 7. The second-order valence-corrected chi connectivity index (χ2v) is 6.23. The summed E-state index contributed by atoms with van der Waals surface area (Å²) in [4.78, 5) is 20.1. The minimum atomic E-state index is -0.592. The first-order valence-corrected chi connectivity index (χ1v) is 8.70. The first-order valence-electron chi connectivity index (χ1n) is 8.70. The Kier molecular flexibility index (Phi) is 5.49. The average Bonchev–Trinajstić information content (AvgIpc) is 3.45. The summed E-state index contributed by atoms with van der Waals surface area (Å²) in [5.74, 6) is 0.00771. The van der Waals surface area contributed by atoms with E-state index >= 15 is 0 Å². The molecule has 1 saturated carbocycles. The number of carbonyl (C=O) groups excluding carboxylic acids is 1. The van der Waals surface area contributed by atoms with Crippen LogP contribution in [0.4, 0.5) is 10.1 Å². The van der Waals surface area contributed by atoms with Crippen molar-refractivity contribution in [1.82, 2.24) is 4.98 Å². The minimum absolute atomic E-state index is 0.0826. The third kappa shape index (κ3) is 4.49. The number of hydrogen-bond donors (Lipinski definition) is 2. The number of nitrogens with two attached hydrogens (primary N) is 1. The van der Waals surface area contributed by atoms with Gasteiger partial charge in [0.1, 0.15) is 11.6 Å². The monoisotopic (exact) mass is 368 g/mol. The lowest BCUT2D eigenvalue weighted by Gasteiger charge is -2.12. The van der Waals surface area contributed by atoms with Gasteiger partial charge in [-0.05, 0) is 49.6 Å². The number of benzene rings is 1. The van der Waals surface area contributed by atoms with Gasteiger partial charge < -0.3 is 15.8 Å². The Labute approximate surface area is 157 Å². The summed E-state index contributed by atoms with van der Waals surface area (Å²) in [7, 11) is 0. The predicted molar refractivity (Wildman–Crippen MR) is 102 cm³/mol. The molecular weight excluding hydrogens is 347 g/mol. The third-order valence-electron chi connectivity index (χ3n) is 4.34. The number of nitrogens with one attached hydrogen (secondary N) is 1. The van der Waals surface area contributed by atoms with Gasteiger partial charge in [-0.2, -0.15) is 9.38 Å². The van der Waals surface area contributed by atoms with E-state index in [1.165, 1.54) is 24.5 Å². The standard InChI is InChI=1S/C20H21FN4O2/c1-2-27-16-5-3-14(4-6-16)20(9-10-20)19(26)25-18(22)8-12-23-15-7-11-24-17(21)13-15/h3-8,11-13H,2,9-10H2,1H3,(H,23,24)(H2,22,25,26)/b12-8-. The van der Waals surface area contributed by atoms with Crippen LogP contribution < -0.4 is 15.8 Å². The molecule has 3 rings (SSSR count). The fourth-order valence-electron chi connectivity index (χ4n) is 2.76. The lowest BCUT2D eigenvalue weighted by molar-refractivity contribution is -0.120. The maximum absolute atomic E-state index is 13.0. The van der Waals surface area contributed by atoms with Crippen LogP contribution in [0.3, 0.4) is 0 Å². The van der Waals surface area contributed by atoms with Crippen molar-refractivity contribution in [2.45, 2.75) is 25.2 Å². The number of anilines is 1. The first-order chi connectivity index (χ1) is 13.0. The SMILES string of the molecule is CCOc1ccc(C2(C(=O)N=C(N)/C=C\Nc3ccnc(F)c3)CC2)cc1. The normalized spacial score (nSPS) is 15.6. The van der Waals surface area contributed by atoms with E-state index in [0.717, 1.165) is 24.2 Å². The molecule has 1 amide bonds. The molecule has 7 heteroatoms. The number of amidine groups is 1. The van der Waals surface area contributed by atoms with Crippen molar-refractivity contribution < 1.29 is 13.9 Å². The molecule has 0 unspecified atom stereocenters. The molecule has 0 spiro atoms. The Morgan fingerprint density at radius 2 is 2.11 bits per heavy atom. The highest BCUT2D eigenvalue weighted by molar-refractivity contribution is 6.04. The van der Waals surface area contributed by atoms with Crippen molar-refractivity contribution in [3.8, 4) is 5.75 Å². The van der Waals surface area contributed by atoms with E-state index in [0.29, 0.717) is 12.3 Å². The molecule has 1 aliphatic rings. The Morgan fingerprint density at radius 1 is 1.37 bits per heavy atom. The molecule has 1 aromatic carbocycles. The quantitative estimate of drug-likeness (QED) is 0.445. The topological polar surface area (TPSA) is 89.6 Å². The summed E-state index contributed by atoms with van der Waals surface area (Å²) < 4.78 is 18.4. The number of amides is 1. The fourth-order valence-corrected chi connectivity index (χ4v) is 2.76. The molecule has 3 N–H and O–H groups in total. The molecular formula is C20H21FN4O2. The second kappa shape index (κ2) is 7.99. The fraction of sp³-hybridized carbons (Fsp3) is 0.250. The maximum atomic E-state index is 13.0. The van der Waals surface area contributed by atoms with E-state index in [9.17, 15) is 9.18 Å². The van der Waals surface area contributed by atoms with E-state index in [-0.39, 0.29) is 11.7 Å². The van der Waals surface area contributed by atoms with Crippen molar-refractivity contribution in [1.29, 1.82) is 0 Å². The Morgan fingerprint density at radius 3 is 2.74 bits per heavy atom. The Hall–Kier alpha value is -3.22. The summed E-state index contributed by atoms with van der Waals surface area (Å²) in [6.07, 6.45) is 5.80. The molecule has 1 aliphatic carbocycles. The lowest BCUT2D eigenvalue weighted by Crippen LogP contribution is -2.22. The van der Waals surface area contributed by atoms with Crippen LogP contribution >= 0.6 is 0 Å². The number of halogens is 1. The number of aliphatic imine (C=N–C) groups is 1. The van der Waals surface area contributed by atoms with Gasteiger partial charge in [0.15, 0.2) is 0 Å². The zero-order chi connectivity index (χ0) is 19.3. The smallest absolute Gasteiger partial charge is 0.258 e. The first kappa shape index (κ1) is 18.6. The van der Waals surface area contributed by atoms with Gasteiger partial charge in [-0.25, -0.2) is 4.98 Å². The zero-order valence-electron chi connectivity index (χ0n) is 15.0. The number of nitrogens with zero attached hydrogens (tertiary/aromatic N) is 2. The minimum Gasteiger partial charge on any atom is -0.494 e. The van der Waals surface area contributed by atoms with Crippen LogP contribution in [-0.4, -0.2) is 23.3 Å². The van der Waals surface area contributed by atoms with Gasteiger partial charge in [-0.3, -0.25) is 4.79 Å². The Bertz CT molecular complexity index is 874. The zero-order valence-corrected chi connectivity index (χ0v) is 15.0. The van der Waals surface area contributed by atoms with Gasteiger partial charge in [0.05, 0.1) is 12.0 Å². The number of pyridine rings is 1. The second-order valence-electron chi connectivity index (χ2n) is 6.23. The molecule has 0 bridgehead atoms. The predicted octanol–water partition coefficient (Wildman–Crippen LogP) is 3.16. The average molecular weight is 368 g/mol. The van der Waals surface area contributed by atoms with Crippen molar-refractivity contribution in [2.75, 3.05) is 11.9 Å². The molecule has 6 nitrogen and oxygen atoms in total. The molecule has 1 heterocycles. The van der Waals surface area contributed by atoms with E-state index in [1.54, 1.807) is 6.07 Å². The van der Waals surface area contributed by atoms with Crippen molar-refractivity contribution in [3.05, 3.63) is 66.4 Å². The van der Waals surface area contributed by atoms with E-state index in [1.807, 2.05) is 31.2 Å². The Balaban J connectivity index is 1.64. The highest BCUT2D eigenvalue weighted by atomic mass is 19.1. The largest absolute Gasteiger partial charge is 0.494 e. The van der Waals surface area contributed by atoms with Crippen LogP contribution in [0, 0.1) is 5.95 Å². The van der Waals surface area contributed by atoms with Crippen molar-refractivity contribution in [2.24, 2.45) is 10.7 Å². The van der Waals surface area contributed by atoms with E-state index < -0.39 is 11.4 Å². The number of aromatic nitrogens is 1. The van der Waals surface area contributed by atoms with Gasteiger partial charge in [0.2, 0.25) is 5.95 Å². The molecule has 0 aliphatic heterocycles. The van der Waals surface area contributed by atoms with Gasteiger partial charge in [0.25, 0.3) is 5.91 Å². The summed E-state index contributed by atoms with van der Waals surface area (Å²) in [5, 5.41) is 2.85. The van der Waals surface area contributed by atoms with Crippen LogP contribution in [0.25, 0.3) is 0 Å². The summed E-state index contributed by atoms with van der Waals surface area (Å²) in [6, 6.07) is 10.4. The van der Waals surface area contributed by atoms with Crippen LogP contribution in [0.1, 0.15) is 25.3 Å². The molecule has 0 radical (unpaired) electrons. The number of ether oxygens (including phenoxy) is 1. The van der Waals surface area contributed by atoms with Gasteiger partial charge >= 0.3 is 0 Å². The molecule has 0 atom stereocenters. The molecule has 27 heavy (non-hydrogen) atoms. The highest BCUT2D eigenvalue weighted by Gasteiger charge is 2.51. The van der Waals surface area contributed by atoms with Crippen LogP contribution in [0.5, 0.6) is 5.75 Å². The van der Waals surface area contributed by atoms with Crippen LogP contribution in [0.15, 0.2) is 59.9 Å². The number of hydrogen-bond acceptors (Lipinski definition) is 4. The number of carbonyl (C=O) groups is 1. The van der Waals surface area contributed by atoms with E-state index in [4.69, 9.17) is 10.5 Å². The highest BCUT2D eigenvalue weighted by Crippen LogP contribution is 2.49. The van der Waals surface area contributed by atoms with Crippen molar-refractivity contribution >= 4 is 17.4 Å². The van der Waals surface area contributed by atoms with Gasteiger partial charge in [-0.15, -0.1) is 0 Å². The maximum Gasteiger partial charge on any atom is 0.258 e. The molecule has 1 fully saturated rings. The molecule has 1 aromatic heterocycles. The van der Waals surface area contributed by atoms with Crippen molar-refractivity contribution in [3.63, 3.8) is 0 Å². The summed E-state index contributed by atoms with van der Waals surface area (Å²) in [5.41, 5.74) is 6.68. The molecule has 140 valence electrons. The lowest BCUT2D eigenvalue weighted by atomic mass is 9.95. The third-order valence-corrected chi connectivity index (χ3v) is 4.34. The van der Waals surface area contributed by atoms with E-state index in [2.05, 4.69) is 15.3 Å².